The van der Waals surface area contributed by atoms with Crippen LogP contribution in [0.3, 0.4) is 0 Å². The summed E-state index contributed by atoms with van der Waals surface area (Å²) in [5.41, 5.74) is 0.847. The summed E-state index contributed by atoms with van der Waals surface area (Å²) >= 11 is 0. The summed E-state index contributed by atoms with van der Waals surface area (Å²) in [5, 5.41) is 13.1. The fourth-order valence-electron chi connectivity index (χ4n) is 3.87. The van der Waals surface area contributed by atoms with Crippen LogP contribution >= 0.6 is 0 Å². The number of hydrogen-bond acceptors (Lipinski definition) is 2. The molecule has 2 aromatic rings. The molecule has 1 N–H and O–H groups in total. The van der Waals surface area contributed by atoms with E-state index in [1.807, 2.05) is 0 Å². The van der Waals surface area contributed by atoms with Crippen LogP contribution in [0.5, 0.6) is 5.75 Å². The van der Waals surface area contributed by atoms with Crippen LogP contribution in [-0.4, -0.2) is 16.8 Å². The molecule has 1 aliphatic heterocycles. The molecule has 20 heavy (non-hydrogen) atoms. The molecule has 1 aliphatic carbocycles. The molecule has 0 bridgehead atoms. The maximum Gasteiger partial charge on any atom is 0.135 e. The summed E-state index contributed by atoms with van der Waals surface area (Å²) in [4.78, 5) is 0. The van der Waals surface area contributed by atoms with E-state index in [9.17, 15) is 5.11 Å². The van der Waals surface area contributed by atoms with E-state index in [2.05, 4.69) is 36.4 Å². The van der Waals surface area contributed by atoms with Crippen LogP contribution in [-0.2, 0) is 6.42 Å². The summed E-state index contributed by atoms with van der Waals surface area (Å²) < 4.78 is 6.33. The Hall–Kier alpha value is -1.54. The molecule has 1 fully saturated rings. The summed E-state index contributed by atoms with van der Waals surface area (Å²) in [6.07, 6.45) is 5.92. The monoisotopic (exact) mass is 268 g/mol. The van der Waals surface area contributed by atoms with E-state index in [1.54, 1.807) is 0 Å². The lowest BCUT2D eigenvalue weighted by molar-refractivity contribution is -0.0878. The van der Waals surface area contributed by atoms with Gasteiger partial charge in [-0.05, 0) is 42.5 Å². The van der Waals surface area contributed by atoms with Gasteiger partial charge >= 0.3 is 0 Å². The number of benzene rings is 2. The summed E-state index contributed by atoms with van der Waals surface area (Å²) in [6, 6.07) is 12.6. The fraction of sp³-hybridized carbons (Fsp3) is 0.444. The standard InChI is InChI=1S/C18H20O2/c19-17-12-15-14-7-3-2-6-13(14)8-9-16(15)20-18(17)10-4-1-5-11-18/h2-3,6-9,17,19H,1,4-5,10-12H2. The minimum absolute atomic E-state index is 0.326. The third-order valence-corrected chi connectivity index (χ3v) is 5.02. The fourth-order valence-corrected chi connectivity index (χ4v) is 3.87. The van der Waals surface area contributed by atoms with Gasteiger partial charge in [-0.1, -0.05) is 36.8 Å². The molecular weight excluding hydrogens is 248 g/mol. The highest BCUT2D eigenvalue weighted by molar-refractivity contribution is 5.88. The van der Waals surface area contributed by atoms with Crippen LogP contribution in [0.4, 0.5) is 0 Å². The molecule has 2 aromatic carbocycles. The largest absolute Gasteiger partial charge is 0.484 e. The average molecular weight is 268 g/mol. The van der Waals surface area contributed by atoms with Crippen LogP contribution in [0.2, 0.25) is 0 Å². The molecule has 2 aliphatic rings. The van der Waals surface area contributed by atoms with Crippen LogP contribution < -0.4 is 4.74 Å². The summed E-state index contributed by atoms with van der Waals surface area (Å²) in [7, 11) is 0. The van der Waals surface area contributed by atoms with E-state index < -0.39 is 0 Å². The van der Waals surface area contributed by atoms with Crippen LogP contribution in [0.25, 0.3) is 10.8 Å². The van der Waals surface area contributed by atoms with Gasteiger partial charge in [-0.2, -0.15) is 0 Å². The SMILES string of the molecule is OC1Cc2c(ccc3ccccc23)OC12CCCCC2. The first kappa shape index (κ1) is 12.2. The lowest BCUT2D eigenvalue weighted by Crippen LogP contribution is -2.52. The zero-order valence-corrected chi connectivity index (χ0v) is 11.6. The van der Waals surface area contributed by atoms with Gasteiger partial charge in [0.2, 0.25) is 0 Å². The lowest BCUT2D eigenvalue weighted by Gasteiger charge is -2.45. The van der Waals surface area contributed by atoms with Gasteiger partial charge in [-0.3, -0.25) is 0 Å². The van der Waals surface area contributed by atoms with Crippen molar-refractivity contribution in [3.05, 3.63) is 42.0 Å². The van der Waals surface area contributed by atoms with Crippen molar-refractivity contribution in [3.63, 3.8) is 0 Å². The Morgan fingerprint density at radius 1 is 1.00 bits per heavy atom. The Balaban J connectivity index is 1.82. The highest BCUT2D eigenvalue weighted by Gasteiger charge is 2.44. The number of ether oxygens (including phenoxy) is 1. The van der Waals surface area contributed by atoms with E-state index in [0.717, 1.165) is 25.0 Å². The molecule has 1 atom stereocenters. The number of hydrogen-bond donors (Lipinski definition) is 1. The zero-order chi connectivity index (χ0) is 13.6. The lowest BCUT2D eigenvalue weighted by atomic mass is 9.76. The molecule has 2 heteroatoms. The van der Waals surface area contributed by atoms with Crippen molar-refractivity contribution in [1.29, 1.82) is 0 Å². The number of aliphatic hydroxyl groups is 1. The Morgan fingerprint density at radius 2 is 1.80 bits per heavy atom. The van der Waals surface area contributed by atoms with Crippen molar-refractivity contribution in [2.75, 3.05) is 0 Å². The van der Waals surface area contributed by atoms with Gasteiger partial charge in [-0.25, -0.2) is 0 Å². The maximum absolute atomic E-state index is 10.7. The average Bonchev–Trinajstić information content (AvgIpc) is 2.50. The van der Waals surface area contributed by atoms with Gasteiger partial charge in [-0.15, -0.1) is 0 Å². The smallest absolute Gasteiger partial charge is 0.135 e. The predicted molar refractivity (Wildman–Crippen MR) is 80.1 cm³/mol. The van der Waals surface area contributed by atoms with Gasteiger partial charge in [0.25, 0.3) is 0 Å². The first-order valence-corrected chi connectivity index (χ1v) is 7.66. The molecule has 0 aromatic heterocycles. The second-order valence-electron chi connectivity index (χ2n) is 6.21. The summed E-state index contributed by atoms with van der Waals surface area (Å²) in [5.74, 6) is 0.982. The predicted octanol–water partition coefficient (Wildman–Crippen LogP) is 3.84. The Bertz CT molecular complexity index is 641. The third kappa shape index (κ3) is 1.75. The third-order valence-electron chi connectivity index (χ3n) is 5.02. The van der Waals surface area contributed by atoms with Gasteiger partial charge < -0.3 is 9.84 Å². The first-order chi connectivity index (χ1) is 9.78. The van der Waals surface area contributed by atoms with Crippen molar-refractivity contribution >= 4 is 10.8 Å². The Kier molecular flexibility index (Phi) is 2.74. The second kappa shape index (κ2) is 4.49. The topological polar surface area (TPSA) is 29.5 Å². The quantitative estimate of drug-likeness (QED) is 0.786. The summed E-state index contributed by atoms with van der Waals surface area (Å²) in [6.45, 7) is 0. The highest BCUT2D eigenvalue weighted by Crippen LogP contribution is 2.43. The molecule has 1 saturated carbocycles. The van der Waals surface area contributed by atoms with Crippen molar-refractivity contribution in [2.45, 2.75) is 50.2 Å². The Morgan fingerprint density at radius 3 is 2.65 bits per heavy atom. The maximum atomic E-state index is 10.7. The van der Waals surface area contributed by atoms with Crippen LogP contribution in [0, 0.1) is 0 Å². The molecule has 1 spiro atoms. The van der Waals surface area contributed by atoms with Gasteiger partial charge in [0.1, 0.15) is 11.4 Å². The molecule has 104 valence electrons. The van der Waals surface area contributed by atoms with E-state index >= 15 is 0 Å². The molecule has 4 rings (SSSR count). The molecule has 2 nitrogen and oxygen atoms in total. The number of rotatable bonds is 0. The molecule has 0 radical (unpaired) electrons. The molecule has 1 unspecified atom stereocenters. The molecule has 1 heterocycles. The van der Waals surface area contributed by atoms with Crippen LogP contribution in [0.1, 0.15) is 37.7 Å². The first-order valence-electron chi connectivity index (χ1n) is 7.66. The van der Waals surface area contributed by atoms with E-state index in [4.69, 9.17) is 4.74 Å². The second-order valence-corrected chi connectivity index (χ2v) is 6.21. The van der Waals surface area contributed by atoms with E-state index in [0.29, 0.717) is 0 Å². The van der Waals surface area contributed by atoms with Crippen LogP contribution in [0.15, 0.2) is 36.4 Å². The molecule has 0 saturated heterocycles. The minimum Gasteiger partial charge on any atom is -0.484 e. The minimum atomic E-state index is -0.374. The van der Waals surface area contributed by atoms with Gasteiger partial charge in [0.15, 0.2) is 0 Å². The van der Waals surface area contributed by atoms with Crippen molar-refractivity contribution in [3.8, 4) is 5.75 Å². The van der Waals surface area contributed by atoms with Crippen molar-refractivity contribution in [2.24, 2.45) is 0 Å². The number of aliphatic hydroxyl groups excluding tert-OH is 1. The van der Waals surface area contributed by atoms with Crippen molar-refractivity contribution in [1.82, 2.24) is 0 Å². The Labute approximate surface area is 119 Å². The van der Waals surface area contributed by atoms with Gasteiger partial charge in [0, 0.05) is 12.0 Å². The highest BCUT2D eigenvalue weighted by atomic mass is 16.5. The molecular formula is C18H20O2. The number of fused-ring (bicyclic) bond motifs is 3. The molecule has 0 amide bonds. The van der Waals surface area contributed by atoms with Crippen molar-refractivity contribution < 1.29 is 9.84 Å². The zero-order valence-electron chi connectivity index (χ0n) is 11.6. The van der Waals surface area contributed by atoms with E-state index in [-0.39, 0.29) is 11.7 Å². The normalized spacial score (nSPS) is 24.4. The van der Waals surface area contributed by atoms with Gasteiger partial charge in [0.05, 0.1) is 6.10 Å². The van der Waals surface area contributed by atoms with E-state index in [1.165, 1.54) is 35.6 Å².